The number of carbonyl (C=O) groups excluding carboxylic acids is 2. The number of benzene rings is 3. The molecule has 2 amide bonds. The van der Waals surface area contributed by atoms with Crippen LogP contribution in [-0.2, 0) is 39.0 Å². The Hall–Kier alpha value is -4.09. The lowest BCUT2D eigenvalue weighted by atomic mass is 10.1. The van der Waals surface area contributed by atoms with Gasteiger partial charge in [0, 0.05) is 32.6 Å². The van der Waals surface area contributed by atoms with Crippen LogP contribution in [0.1, 0.15) is 42.9 Å². The maximum Gasteiger partial charge on any atom is 0.243 e. The fourth-order valence-corrected chi connectivity index (χ4v) is 6.84. The van der Waals surface area contributed by atoms with Crippen molar-refractivity contribution in [3.63, 3.8) is 0 Å². The summed E-state index contributed by atoms with van der Waals surface area (Å²) in [6.07, 6.45) is 2.91. The lowest BCUT2D eigenvalue weighted by Gasteiger charge is -2.29. The van der Waals surface area contributed by atoms with Gasteiger partial charge in [0.1, 0.15) is 11.8 Å². The van der Waals surface area contributed by atoms with E-state index in [1.165, 1.54) is 4.31 Å². The Bertz CT molecular complexity index is 1540. The number of methoxy groups -OCH3 is 3. The average molecular weight is 638 g/mol. The average Bonchev–Trinajstić information content (AvgIpc) is 3.62. The quantitative estimate of drug-likeness (QED) is 0.266. The van der Waals surface area contributed by atoms with Gasteiger partial charge in [-0.1, -0.05) is 30.3 Å². The first kappa shape index (κ1) is 33.8. The summed E-state index contributed by atoms with van der Waals surface area (Å²) in [6.45, 7) is 3.45. The minimum atomic E-state index is -3.50. The molecule has 0 radical (unpaired) electrons. The Morgan fingerprint density at radius 3 is 2.07 bits per heavy atom. The minimum absolute atomic E-state index is 0.164. The zero-order valence-electron chi connectivity index (χ0n) is 26.5. The number of amides is 2. The molecule has 242 valence electrons. The number of hydrogen-bond donors (Lipinski definition) is 1. The highest BCUT2D eigenvalue weighted by atomic mass is 32.2. The van der Waals surface area contributed by atoms with Crippen molar-refractivity contribution >= 4 is 21.8 Å². The monoisotopic (exact) mass is 637 g/mol. The van der Waals surface area contributed by atoms with Gasteiger partial charge in [-0.25, -0.2) is 8.42 Å². The predicted octanol–water partition coefficient (Wildman–Crippen LogP) is 4.21. The molecule has 1 N–H and O–H groups in total. The van der Waals surface area contributed by atoms with E-state index in [0.29, 0.717) is 49.7 Å². The summed E-state index contributed by atoms with van der Waals surface area (Å²) in [7, 11) is 1.25. The number of hydrogen-bond acceptors (Lipinski definition) is 7. The smallest absolute Gasteiger partial charge is 0.243 e. The zero-order valence-corrected chi connectivity index (χ0v) is 27.3. The van der Waals surface area contributed by atoms with Gasteiger partial charge in [0.05, 0.1) is 26.2 Å². The number of ether oxygens (including phenoxy) is 3. The Balaban J connectivity index is 1.40. The molecule has 1 unspecified atom stereocenters. The summed E-state index contributed by atoms with van der Waals surface area (Å²) in [5.41, 5.74) is 2.69. The van der Waals surface area contributed by atoms with E-state index in [1.54, 1.807) is 57.4 Å². The van der Waals surface area contributed by atoms with E-state index in [1.807, 2.05) is 42.5 Å². The van der Waals surface area contributed by atoms with Gasteiger partial charge < -0.3 is 24.4 Å². The van der Waals surface area contributed by atoms with Crippen molar-refractivity contribution in [2.24, 2.45) is 0 Å². The van der Waals surface area contributed by atoms with Crippen molar-refractivity contribution in [1.82, 2.24) is 14.5 Å². The van der Waals surface area contributed by atoms with Gasteiger partial charge in [0.25, 0.3) is 0 Å². The highest BCUT2D eigenvalue weighted by Gasteiger charge is 2.28. The number of sulfonamides is 1. The number of aryl methyl sites for hydroxylation is 1. The first-order valence-corrected chi connectivity index (χ1v) is 16.6. The summed E-state index contributed by atoms with van der Waals surface area (Å²) in [5, 5.41) is 2.97. The van der Waals surface area contributed by atoms with Gasteiger partial charge in [-0.15, -0.1) is 0 Å². The SMILES string of the molecule is COc1ccc(CN(C(=O)CCc2ccc(S(=O)(=O)N3CCCC3)cc2)C(C)C(=O)NCCc2ccc(OC)c(OC)c2)cc1. The van der Waals surface area contributed by atoms with Crippen LogP contribution in [0.15, 0.2) is 71.6 Å². The van der Waals surface area contributed by atoms with E-state index in [-0.39, 0.29) is 29.7 Å². The molecule has 11 heteroatoms. The molecule has 1 heterocycles. The Labute approximate surface area is 266 Å². The van der Waals surface area contributed by atoms with Crippen molar-refractivity contribution in [3.05, 3.63) is 83.4 Å². The molecule has 0 saturated carbocycles. The van der Waals surface area contributed by atoms with Crippen LogP contribution in [0.2, 0.25) is 0 Å². The van der Waals surface area contributed by atoms with Crippen molar-refractivity contribution in [1.29, 1.82) is 0 Å². The maximum absolute atomic E-state index is 13.6. The van der Waals surface area contributed by atoms with Gasteiger partial charge >= 0.3 is 0 Å². The third kappa shape index (κ3) is 8.76. The molecule has 1 aliphatic rings. The van der Waals surface area contributed by atoms with Crippen LogP contribution in [-0.4, -0.2) is 76.4 Å². The molecule has 3 aromatic rings. The third-order valence-electron chi connectivity index (χ3n) is 8.09. The Morgan fingerprint density at radius 2 is 1.44 bits per heavy atom. The number of nitrogens with one attached hydrogen (secondary N) is 1. The number of nitrogens with zero attached hydrogens (tertiary/aromatic N) is 2. The lowest BCUT2D eigenvalue weighted by Crippen LogP contribution is -2.48. The van der Waals surface area contributed by atoms with Crippen molar-refractivity contribution in [2.75, 3.05) is 41.0 Å². The molecular weight excluding hydrogens is 594 g/mol. The second-order valence-corrected chi connectivity index (χ2v) is 13.0. The molecule has 45 heavy (non-hydrogen) atoms. The molecule has 1 atom stereocenters. The molecule has 0 aliphatic carbocycles. The summed E-state index contributed by atoms with van der Waals surface area (Å²) in [6, 6.07) is 19.0. The lowest BCUT2D eigenvalue weighted by molar-refractivity contribution is -0.140. The Kier molecular flexibility index (Phi) is 11.8. The van der Waals surface area contributed by atoms with Crippen LogP contribution in [0.5, 0.6) is 17.2 Å². The molecule has 1 saturated heterocycles. The van der Waals surface area contributed by atoms with Crippen LogP contribution in [0.25, 0.3) is 0 Å². The largest absolute Gasteiger partial charge is 0.497 e. The summed E-state index contributed by atoms with van der Waals surface area (Å²) >= 11 is 0. The molecule has 0 aromatic heterocycles. The van der Waals surface area contributed by atoms with Gasteiger partial charge in [-0.05, 0) is 85.7 Å². The Morgan fingerprint density at radius 1 is 0.822 bits per heavy atom. The molecular formula is C34H43N3O7S. The highest BCUT2D eigenvalue weighted by Crippen LogP contribution is 2.27. The van der Waals surface area contributed by atoms with Crippen LogP contribution < -0.4 is 19.5 Å². The maximum atomic E-state index is 13.6. The van der Waals surface area contributed by atoms with Gasteiger partial charge in [0.15, 0.2) is 11.5 Å². The zero-order chi connectivity index (χ0) is 32.4. The molecule has 10 nitrogen and oxygen atoms in total. The molecule has 3 aromatic carbocycles. The number of rotatable bonds is 15. The van der Waals surface area contributed by atoms with Crippen LogP contribution >= 0.6 is 0 Å². The van der Waals surface area contributed by atoms with E-state index in [2.05, 4.69) is 5.32 Å². The van der Waals surface area contributed by atoms with Crippen molar-refractivity contribution in [3.8, 4) is 17.2 Å². The van der Waals surface area contributed by atoms with Crippen molar-refractivity contribution in [2.45, 2.75) is 56.5 Å². The third-order valence-corrected chi connectivity index (χ3v) is 10.0. The van der Waals surface area contributed by atoms with Crippen LogP contribution in [0, 0.1) is 0 Å². The van der Waals surface area contributed by atoms with Crippen LogP contribution in [0.3, 0.4) is 0 Å². The molecule has 0 spiro atoms. The predicted molar refractivity (Wildman–Crippen MR) is 172 cm³/mol. The second-order valence-electron chi connectivity index (χ2n) is 11.0. The summed E-state index contributed by atoms with van der Waals surface area (Å²) in [4.78, 5) is 28.7. The minimum Gasteiger partial charge on any atom is -0.497 e. The van der Waals surface area contributed by atoms with Gasteiger partial charge in [-0.3, -0.25) is 9.59 Å². The topological polar surface area (TPSA) is 114 Å². The molecule has 0 bridgehead atoms. The first-order valence-electron chi connectivity index (χ1n) is 15.2. The van der Waals surface area contributed by atoms with E-state index in [9.17, 15) is 18.0 Å². The van der Waals surface area contributed by atoms with Gasteiger partial charge in [0.2, 0.25) is 21.8 Å². The second kappa shape index (κ2) is 15.8. The van der Waals surface area contributed by atoms with E-state index < -0.39 is 16.1 Å². The summed E-state index contributed by atoms with van der Waals surface area (Å²) < 4.78 is 43.2. The van der Waals surface area contributed by atoms with E-state index >= 15 is 0 Å². The molecule has 1 aliphatic heterocycles. The fourth-order valence-electron chi connectivity index (χ4n) is 5.32. The van der Waals surface area contributed by atoms with Crippen LogP contribution in [0.4, 0.5) is 0 Å². The first-order chi connectivity index (χ1) is 21.7. The molecule has 4 rings (SSSR count). The normalized spacial score (nSPS) is 14.0. The van der Waals surface area contributed by atoms with Crippen molar-refractivity contribution < 1.29 is 32.2 Å². The van der Waals surface area contributed by atoms with E-state index in [0.717, 1.165) is 29.5 Å². The fraction of sp³-hybridized carbons (Fsp3) is 0.412. The summed E-state index contributed by atoms with van der Waals surface area (Å²) in [5.74, 6) is 1.52. The highest BCUT2D eigenvalue weighted by molar-refractivity contribution is 7.89. The number of carbonyl (C=O) groups is 2. The standard InChI is InChI=1S/C34H43N3O7S/c1-25(34(39)35-20-19-27-11-17-31(43-3)32(23-27)44-4)37(24-28-7-13-29(42-2)14-8-28)33(38)18-12-26-9-15-30(16-10-26)45(40,41)36-21-5-6-22-36/h7-11,13-17,23,25H,5-6,12,18-22,24H2,1-4H3,(H,35,39). The van der Waals surface area contributed by atoms with Gasteiger partial charge in [-0.2, -0.15) is 4.31 Å². The van der Waals surface area contributed by atoms with E-state index in [4.69, 9.17) is 14.2 Å². The molecule has 1 fully saturated rings.